The van der Waals surface area contributed by atoms with Gasteiger partial charge in [0.2, 0.25) is 5.12 Å². The summed E-state index contributed by atoms with van der Waals surface area (Å²) in [6, 6.07) is 9.75. The minimum atomic E-state index is -0.408. The van der Waals surface area contributed by atoms with E-state index < -0.39 is 6.10 Å². The van der Waals surface area contributed by atoms with E-state index in [-0.39, 0.29) is 5.12 Å². The number of fused-ring (bicyclic) bond motifs is 5. The summed E-state index contributed by atoms with van der Waals surface area (Å²) in [4.78, 5) is 13.0. The van der Waals surface area contributed by atoms with Gasteiger partial charge in [-0.3, -0.25) is 4.79 Å². The normalized spacial score (nSPS) is 37.3. The Labute approximate surface area is 243 Å². The zero-order valence-electron chi connectivity index (χ0n) is 25.6. The molecule has 4 aliphatic rings. The first kappa shape index (κ1) is 29.3. The van der Waals surface area contributed by atoms with Crippen molar-refractivity contribution in [1.82, 2.24) is 0 Å². The van der Waals surface area contributed by atoms with Crippen molar-refractivity contribution in [2.45, 2.75) is 124 Å². The van der Waals surface area contributed by atoms with E-state index in [1.54, 1.807) is 17.3 Å². The fourth-order valence-corrected chi connectivity index (χ4v) is 10.8. The topological polar surface area (TPSA) is 26.3 Å². The van der Waals surface area contributed by atoms with Crippen LogP contribution in [0, 0.1) is 46.3 Å². The number of benzene rings is 1. The summed E-state index contributed by atoms with van der Waals surface area (Å²) in [5.74, 6) is 6.03. The third-order valence-electron chi connectivity index (χ3n) is 11.9. The largest absolute Gasteiger partial charge is 0.482 e. The van der Waals surface area contributed by atoms with Crippen LogP contribution in [0.3, 0.4) is 0 Å². The van der Waals surface area contributed by atoms with Crippen LogP contribution in [0.1, 0.15) is 112 Å². The molecule has 4 aliphatic carbocycles. The summed E-state index contributed by atoms with van der Waals surface area (Å²) in [7, 11) is 0. The van der Waals surface area contributed by atoms with Gasteiger partial charge in [0.25, 0.3) is 0 Å². The van der Waals surface area contributed by atoms with Crippen molar-refractivity contribution in [3.63, 3.8) is 0 Å². The lowest BCUT2D eigenvalue weighted by Gasteiger charge is -2.58. The van der Waals surface area contributed by atoms with Gasteiger partial charge in [-0.15, -0.1) is 0 Å². The van der Waals surface area contributed by atoms with Gasteiger partial charge in [0, 0.05) is 5.25 Å². The third-order valence-corrected chi connectivity index (χ3v) is 13.2. The van der Waals surface area contributed by atoms with Crippen molar-refractivity contribution >= 4 is 16.9 Å². The number of carbonyl (C=O) groups excluding carboxylic acids is 1. The average Bonchev–Trinajstić information content (AvgIpc) is 3.26. The maximum Gasteiger partial charge on any atom is 0.229 e. The molecule has 0 spiro atoms. The summed E-state index contributed by atoms with van der Waals surface area (Å²) >= 11 is 1.55. The highest BCUT2D eigenvalue weighted by molar-refractivity contribution is 8.14. The fourth-order valence-electron chi connectivity index (χ4n) is 9.76. The Morgan fingerprint density at radius 1 is 0.974 bits per heavy atom. The Balaban J connectivity index is 1.21. The lowest BCUT2D eigenvalue weighted by atomic mass is 9.47. The van der Waals surface area contributed by atoms with Gasteiger partial charge < -0.3 is 4.74 Å². The highest BCUT2D eigenvalue weighted by atomic mass is 32.2. The molecule has 0 unspecified atom stereocenters. The van der Waals surface area contributed by atoms with E-state index in [0.29, 0.717) is 16.1 Å². The number of allylic oxidation sites excluding steroid dienone is 2. The van der Waals surface area contributed by atoms with E-state index in [9.17, 15) is 4.79 Å². The molecule has 9 atom stereocenters. The minimum absolute atomic E-state index is 0.176. The molecular formula is C36H54O2S. The molecule has 0 aromatic heterocycles. The van der Waals surface area contributed by atoms with Crippen LogP contribution in [-0.2, 0) is 4.79 Å². The molecule has 3 fully saturated rings. The molecule has 0 N–H and O–H groups in total. The summed E-state index contributed by atoms with van der Waals surface area (Å²) < 4.78 is 5.94. The third kappa shape index (κ3) is 5.91. The maximum atomic E-state index is 13.0. The van der Waals surface area contributed by atoms with E-state index in [4.69, 9.17) is 4.74 Å². The number of thioether (sulfide) groups is 1. The van der Waals surface area contributed by atoms with Gasteiger partial charge in [0.15, 0.2) is 6.10 Å². The Morgan fingerprint density at radius 3 is 2.49 bits per heavy atom. The van der Waals surface area contributed by atoms with Gasteiger partial charge in [0.1, 0.15) is 5.75 Å². The van der Waals surface area contributed by atoms with E-state index in [0.717, 1.165) is 54.1 Å². The van der Waals surface area contributed by atoms with Gasteiger partial charge in [-0.25, -0.2) is 0 Å². The summed E-state index contributed by atoms with van der Waals surface area (Å²) in [5, 5.41) is 0.571. The standard InChI is InChI=1S/C36H54O2S/c1-24(2)11-10-12-25(3)31-17-18-32-30-16-15-27-23-29(19-21-35(27,5)33(30)20-22-36(31,32)6)39-34(37)26(4)38-28-13-8-7-9-14-28/h7-9,13-15,24-26,29-33H,10-12,16-23H2,1-6H3/t25-,26+,29+,30-,31+,32-,33-,35+,36-/m1/s1. The van der Waals surface area contributed by atoms with Gasteiger partial charge in [-0.1, -0.05) is 95.5 Å². The lowest BCUT2D eigenvalue weighted by molar-refractivity contribution is -0.116. The van der Waals surface area contributed by atoms with Gasteiger partial charge in [-0.2, -0.15) is 0 Å². The molecule has 0 radical (unpaired) electrons. The van der Waals surface area contributed by atoms with Crippen LogP contribution in [0.4, 0.5) is 0 Å². The monoisotopic (exact) mass is 550 g/mol. The highest BCUT2D eigenvalue weighted by Crippen LogP contribution is 2.67. The summed E-state index contributed by atoms with van der Waals surface area (Å²) in [6.07, 6.45) is 17.0. The predicted molar refractivity (Wildman–Crippen MR) is 166 cm³/mol. The molecule has 3 heteroatoms. The Bertz CT molecular complexity index is 1020. The smallest absolute Gasteiger partial charge is 0.229 e. The highest BCUT2D eigenvalue weighted by Gasteiger charge is 2.59. The van der Waals surface area contributed by atoms with Crippen LogP contribution >= 0.6 is 11.8 Å². The first-order chi connectivity index (χ1) is 18.6. The Morgan fingerprint density at radius 2 is 1.74 bits per heavy atom. The number of carbonyl (C=O) groups is 1. The number of para-hydroxylation sites is 1. The zero-order chi connectivity index (χ0) is 27.8. The Hall–Kier alpha value is -1.22. The molecule has 3 saturated carbocycles. The molecule has 39 heavy (non-hydrogen) atoms. The quantitative estimate of drug-likeness (QED) is 0.286. The lowest BCUT2D eigenvalue weighted by Crippen LogP contribution is -2.50. The second kappa shape index (κ2) is 11.9. The van der Waals surface area contributed by atoms with Crippen molar-refractivity contribution in [1.29, 1.82) is 0 Å². The molecular weight excluding hydrogens is 496 g/mol. The first-order valence-corrected chi connectivity index (χ1v) is 17.1. The SMILES string of the molecule is CC(C)CCC[C@@H](C)[C@@H]1CC[C@@H]2[C@H]3CC=C4C[C@@H](SC(=O)[C@H](C)Oc5ccccc5)CC[C@]4(C)[C@@H]3CC[C@@]21C. The number of ether oxygens (including phenoxy) is 1. The Kier molecular flexibility index (Phi) is 8.97. The van der Waals surface area contributed by atoms with E-state index >= 15 is 0 Å². The van der Waals surface area contributed by atoms with E-state index in [1.807, 2.05) is 37.3 Å². The second-order valence-electron chi connectivity index (χ2n) is 14.7. The summed E-state index contributed by atoms with van der Waals surface area (Å²) in [5.41, 5.74) is 2.57. The minimum Gasteiger partial charge on any atom is -0.482 e. The molecule has 0 heterocycles. The van der Waals surface area contributed by atoms with Crippen LogP contribution in [0.15, 0.2) is 42.0 Å². The number of hydrogen-bond donors (Lipinski definition) is 0. The van der Waals surface area contributed by atoms with Crippen LogP contribution in [0.25, 0.3) is 0 Å². The van der Waals surface area contributed by atoms with Gasteiger partial charge in [-0.05, 0) is 117 Å². The van der Waals surface area contributed by atoms with E-state index in [2.05, 4.69) is 40.7 Å². The molecule has 1 aromatic rings. The van der Waals surface area contributed by atoms with Crippen molar-refractivity contribution in [3.8, 4) is 5.75 Å². The average molecular weight is 551 g/mol. The van der Waals surface area contributed by atoms with E-state index in [1.165, 1.54) is 57.8 Å². The number of rotatable bonds is 9. The van der Waals surface area contributed by atoms with Crippen molar-refractivity contribution in [3.05, 3.63) is 42.0 Å². The maximum absolute atomic E-state index is 13.0. The number of hydrogen-bond acceptors (Lipinski definition) is 3. The van der Waals surface area contributed by atoms with Crippen LogP contribution in [0.2, 0.25) is 0 Å². The molecule has 0 bridgehead atoms. The molecule has 5 rings (SSSR count). The molecule has 0 saturated heterocycles. The predicted octanol–water partition coefficient (Wildman–Crippen LogP) is 10.1. The van der Waals surface area contributed by atoms with Crippen LogP contribution in [-0.4, -0.2) is 16.5 Å². The van der Waals surface area contributed by atoms with Crippen molar-refractivity contribution in [2.75, 3.05) is 0 Å². The van der Waals surface area contributed by atoms with Crippen LogP contribution in [0.5, 0.6) is 5.75 Å². The van der Waals surface area contributed by atoms with Gasteiger partial charge in [0.05, 0.1) is 0 Å². The van der Waals surface area contributed by atoms with Crippen molar-refractivity contribution in [2.24, 2.45) is 46.3 Å². The molecule has 1 aromatic carbocycles. The van der Waals surface area contributed by atoms with Crippen molar-refractivity contribution < 1.29 is 9.53 Å². The molecule has 0 amide bonds. The molecule has 216 valence electrons. The summed E-state index contributed by atoms with van der Waals surface area (Å²) in [6.45, 7) is 14.5. The fraction of sp³-hybridized carbons (Fsp3) is 0.750. The molecule has 0 aliphatic heterocycles. The molecule has 2 nitrogen and oxygen atoms in total. The zero-order valence-corrected chi connectivity index (χ0v) is 26.4. The second-order valence-corrected chi connectivity index (χ2v) is 16.0. The van der Waals surface area contributed by atoms with Gasteiger partial charge >= 0.3 is 0 Å². The van der Waals surface area contributed by atoms with Crippen LogP contribution < -0.4 is 4.74 Å². The first-order valence-electron chi connectivity index (χ1n) is 16.2.